The fraction of sp³-hybridized carbons (Fsp3) is 0.478. The molecule has 0 aliphatic carbocycles. The summed E-state index contributed by atoms with van der Waals surface area (Å²) < 4.78 is 47.5. The quantitative estimate of drug-likeness (QED) is 0.247. The Bertz CT molecular complexity index is 1380. The molecule has 3 heterocycles. The molecule has 2 aromatic heterocycles. The van der Waals surface area contributed by atoms with Gasteiger partial charge in [0.2, 0.25) is 5.95 Å². The molecule has 3 aromatic rings. The summed E-state index contributed by atoms with van der Waals surface area (Å²) in [5, 5.41) is 22.4. The van der Waals surface area contributed by atoms with Crippen LogP contribution in [0.5, 0.6) is 5.75 Å². The van der Waals surface area contributed by atoms with E-state index in [0.717, 1.165) is 6.92 Å². The number of nitrogen functional groups attached to an aromatic ring is 1. The van der Waals surface area contributed by atoms with Crippen LogP contribution in [0, 0.1) is 0 Å². The number of nitrogens with one attached hydrogen (secondary N) is 1. The van der Waals surface area contributed by atoms with Crippen LogP contribution in [0.25, 0.3) is 11.2 Å². The first-order valence-corrected chi connectivity index (χ1v) is 13.6. The maximum absolute atomic E-state index is 16.0. The van der Waals surface area contributed by atoms with E-state index in [9.17, 15) is 19.6 Å². The van der Waals surface area contributed by atoms with Gasteiger partial charge in [0.05, 0.1) is 12.9 Å². The third kappa shape index (κ3) is 5.82. The molecule has 6 atom stereocenters. The lowest BCUT2D eigenvalue weighted by molar-refractivity contribution is -0.138. The van der Waals surface area contributed by atoms with E-state index in [2.05, 4.69) is 20.0 Å². The number of carboxylic acid groups (broad SMARTS) is 1. The number of fused-ring (bicyclic) bond motifs is 1. The highest BCUT2D eigenvalue weighted by atomic mass is 31.2. The highest BCUT2D eigenvalue weighted by Gasteiger charge is 2.56. The van der Waals surface area contributed by atoms with Crippen molar-refractivity contribution < 1.29 is 37.7 Å². The van der Waals surface area contributed by atoms with Crippen LogP contribution in [0.2, 0.25) is 0 Å². The third-order valence-corrected chi connectivity index (χ3v) is 7.97. The topological polar surface area (TPSA) is 187 Å². The van der Waals surface area contributed by atoms with Gasteiger partial charge in [-0.05, 0) is 32.9 Å². The molecule has 4 rings (SSSR count). The normalized spacial score (nSPS) is 25.3. The van der Waals surface area contributed by atoms with Crippen molar-refractivity contribution >= 4 is 36.6 Å². The van der Waals surface area contributed by atoms with Crippen LogP contribution in [0.1, 0.15) is 27.0 Å². The molecule has 0 bridgehead atoms. The zero-order chi connectivity index (χ0) is 28.5. The number of carboxylic acids is 1. The molecule has 39 heavy (non-hydrogen) atoms. The maximum Gasteiger partial charge on any atom is 0.459 e. The summed E-state index contributed by atoms with van der Waals surface area (Å²) in [6.07, 6.45) is -3.17. The predicted molar refractivity (Wildman–Crippen MR) is 139 cm³/mol. The number of halogens is 1. The summed E-state index contributed by atoms with van der Waals surface area (Å²) in [5.74, 6) is -0.779. The first kappa shape index (κ1) is 28.6. The summed E-state index contributed by atoms with van der Waals surface area (Å²) in [6, 6.07) is 6.64. The number of rotatable bonds is 11. The van der Waals surface area contributed by atoms with Crippen molar-refractivity contribution in [3.05, 3.63) is 36.7 Å². The van der Waals surface area contributed by atoms with Crippen molar-refractivity contribution in [2.75, 3.05) is 30.8 Å². The predicted octanol–water partition coefficient (Wildman–Crippen LogP) is 2.12. The Balaban J connectivity index is 1.59. The van der Waals surface area contributed by atoms with Crippen LogP contribution in [-0.4, -0.2) is 79.8 Å². The van der Waals surface area contributed by atoms with Gasteiger partial charge < -0.3 is 30.1 Å². The van der Waals surface area contributed by atoms with Crippen LogP contribution in [0.4, 0.5) is 16.2 Å². The van der Waals surface area contributed by atoms with Gasteiger partial charge in [-0.25, -0.2) is 13.9 Å². The standard InChI is InChI=1S/C23H31FN7O7P/c1-5-30(4)18-16-19(28-22(25)27-18)31(12-26-16)21-23(3,24)17(32)15(37-21)11-36-39(35,29-13(2)20(33)34)38-14-9-7-6-8-10-14/h6-10,12-13,15,17,21,32H,5,11H2,1-4H3,(H,29,35)(H,33,34)(H2,25,27,28)/t13-,15+,17+,21+,23+,39?/m0/s1. The Hall–Kier alpha value is -3.36. The Labute approximate surface area is 223 Å². The van der Waals surface area contributed by atoms with Crippen LogP contribution in [0.3, 0.4) is 0 Å². The summed E-state index contributed by atoms with van der Waals surface area (Å²) in [4.78, 5) is 25.9. The van der Waals surface area contributed by atoms with Crippen LogP contribution in [-0.2, 0) is 18.6 Å². The zero-order valence-corrected chi connectivity index (χ0v) is 22.7. The molecule has 14 nitrogen and oxygen atoms in total. The number of aliphatic hydroxyl groups excluding tert-OH is 1. The molecule has 1 aromatic carbocycles. The zero-order valence-electron chi connectivity index (χ0n) is 21.8. The Morgan fingerprint density at radius 2 is 2.08 bits per heavy atom. The molecular formula is C23H31FN7O7P. The molecule has 0 radical (unpaired) electrons. The van der Waals surface area contributed by atoms with Crippen molar-refractivity contribution in [2.24, 2.45) is 0 Å². The Kier molecular flexibility index (Phi) is 8.09. The van der Waals surface area contributed by atoms with Gasteiger partial charge in [-0.3, -0.25) is 13.9 Å². The highest BCUT2D eigenvalue weighted by Crippen LogP contribution is 2.48. The van der Waals surface area contributed by atoms with Gasteiger partial charge in [-0.15, -0.1) is 0 Å². The van der Waals surface area contributed by atoms with Gasteiger partial charge in [0.25, 0.3) is 0 Å². The van der Waals surface area contributed by atoms with E-state index in [1.165, 1.54) is 30.0 Å². The van der Waals surface area contributed by atoms with Crippen molar-refractivity contribution in [1.29, 1.82) is 0 Å². The monoisotopic (exact) mass is 567 g/mol. The molecule has 1 aliphatic rings. The third-order valence-electron chi connectivity index (χ3n) is 6.33. The number of alkyl halides is 1. The minimum Gasteiger partial charge on any atom is -0.480 e. The second kappa shape index (κ2) is 11.0. The smallest absolute Gasteiger partial charge is 0.459 e. The number of para-hydroxylation sites is 1. The summed E-state index contributed by atoms with van der Waals surface area (Å²) in [5.41, 5.74) is 4.07. The number of aliphatic hydroxyl groups is 1. The second-order valence-corrected chi connectivity index (χ2v) is 10.9. The van der Waals surface area contributed by atoms with Crippen molar-refractivity contribution in [2.45, 2.75) is 50.9 Å². The first-order chi connectivity index (χ1) is 18.4. The molecule has 212 valence electrons. The van der Waals surface area contributed by atoms with Gasteiger partial charge in [0.15, 0.2) is 28.9 Å². The SMILES string of the molecule is CCN(C)c1nc(N)nc2c1ncn2[C@@H]1O[C@H](COP(=O)(N[C@@H](C)C(=O)O)Oc2ccccc2)[C@@H](O)[C@@]1(C)F. The number of nitrogens with zero attached hydrogens (tertiary/aromatic N) is 5. The molecular weight excluding hydrogens is 536 g/mol. The van der Waals surface area contributed by atoms with Crippen LogP contribution >= 0.6 is 7.75 Å². The van der Waals surface area contributed by atoms with E-state index < -0.39 is 50.5 Å². The first-order valence-electron chi connectivity index (χ1n) is 12.1. The lowest BCUT2D eigenvalue weighted by Crippen LogP contribution is -2.41. The molecule has 1 fully saturated rings. The summed E-state index contributed by atoms with van der Waals surface area (Å²) in [7, 11) is -2.54. The Morgan fingerprint density at radius 3 is 2.72 bits per heavy atom. The maximum atomic E-state index is 16.0. The largest absolute Gasteiger partial charge is 0.480 e. The highest BCUT2D eigenvalue weighted by molar-refractivity contribution is 7.52. The van der Waals surface area contributed by atoms with Crippen LogP contribution in [0.15, 0.2) is 36.7 Å². The number of nitrogens with two attached hydrogens (primary N) is 1. The molecule has 1 unspecified atom stereocenters. The van der Waals surface area contributed by atoms with E-state index in [-0.39, 0.29) is 17.3 Å². The minimum absolute atomic E-state index is 0.0591. The van der Waals surface area contributed by atoms with Gasteiger partial charge in [-0.1, -0.05) is 18.2 Å². The summed E-state index contributed by atoms with van der Waals surface area (Å²) >= 11 is 0. The number of aromatic nitrogens is 4. The number of hydrogen-bond donors (Lipinski definition) is 4. The molecule has 0 saturated carbocycles. The average molecular weight is 568 g/mol. The number of ether oxygens (including phenoxy) is 1. The van der Waals surface area contributed by atoms with E-state index >= 15 is 4.39 Å². The van der Waals surface area contributed by atoms with Gasteiger partial charge >= 0.3 is 13.7 Å². The lowest BCUT2D eigenvalue weighted by atomic mass is 9.98. The molecule has 1 saturated heterocycles. The van der Waals surface area contributed by atoms with Crippen molar-refractivity contribution in [3.8, 4) is 5.75 Å². The lowest BCUT2D eigenvalue weighted by Gasteiger charge is -2.25. The van der Waals surface area contributed by atoms with E-state index in [4.69, 9.17) is 19.5 Å². The number of carbonyl (C=O) groups is 1. The number of imidazole rings is 1. The molecule has 0 spiro atoms. The minimum atomic E-state index is -4.32. The van der Waals surface area contributed by atoms with E-state index in [1.54, 1.807) is 30.1 Å². The molecule has 0 amide bonds. The van der Waals surface area contributed by atoms with Crippen LogP contribution < -0.4 is 20.2 Å². The van der Waals surface area contributed by atoms with E-state index in [0.29, 0.717) is 17.9 Å². The van der Waals surface area contributed by atoms with E-state index in [1.807, 2.05) is 6.92 Å². The average Bonchev–Trinajstić information content (AvgIpc) is 3.39. The Morgan fingerprint density at radius 1 is 1.38 bits per heavy atom. The van der Waals surface area contributed by atoms with Gasteiger partial charge in [0.1, 0.15) is 24.0 Å². The number of benzene rings is 1. The van der Waals surface area contributed by atoms with Crippen molar-refractivity contribution in [3.63, 3.8) is 0 Å². The summed E-state index contributed by atoms with van der Waals surface area (Å²) in [6.45, 7) is 4.30. The van der Waals surface area contributed by atoms with Crippen molar-refractivity contribution in [1.82, 2.24) is 24.6 Å². The fourth-order valence-electron chi connectivity index (χ4n) is 4.03. The van der Waals surface area contributed by atoms with Gasteiger partial charge in [0, 0.05) is 13.6 Å². The molecule has 1 aliphatic heterocycles. The number of anilines is 2. The van der Waals surface area contributed by atoms with Gasteiger partial charge in [-0.2, -0.15) is 15.1 Å². The second-order valence-electron chi connectivity index (χ2n) is 9.25. The molecule has 5 N–H and O–H groups in total. The molecule has 16 heteroatoms. The number of hydrogen-bond acceptors (Lipinski definition) is 11. The number of aliphatic carboxylic acids is 1. The fourth-order valence-corrected chi connectivity index (χ4v) is 5.54.